The van der Waals surface area contributed by atoms with Crippen molar-refractivity contribution < 1.29 is 19.1 Å². The van der Waals surface area contributed by atoms with Gasteiger partial charge in [0.25, 0.3) is 0 Å². The predicted octanol–water partition coefficient (Wildman–Crippen LogP) is 3.41. The number of aryl methyl sites for hydroxylation is 1. The molecule has 0 spiro atoms. The number of benzene rings is 2. The van der Waals surface area contributed by atoms with Gasteiger partial charge in [0.2, 0.25) is 11.8 Å². The highest BCUT2D eigenvalue weighted by Gasteiger charge is 2.35. The van der Waals surface area contributed by atoms with Crippen LogP contribution >= 0.6 is 11.6 Å². The van der Waals surface area contributed by atoms with Crippen LogP contribution < -0.4 is 19.7 Å². The van der Waals surface area contributed by atoms with Crippen molar-refractivity contribution >= 4 is 34.8 Å². The maximum absolute atomic E-state index is 12.6. The summed E-state index contributed by atoms with van der Waals surface area (Å²) in [5, 5.41) is 3.31. The van der Waals surface area contributed by atoms with Crippen LogP contribution in [0.5, 0.6) is 11.5 Å². The quantitative estimate of drug-likeness (QED) is 0.877. The van der Waals surface area contributed by atoms with Crippen molar-refractivity contribution in [2.75, 3.05) is 30.0 Å². The first-order valence-corrected chi connectivity index (χ1v) is 9.16. The lowest BCUT2D eigenvalue weighted by Crippen LogP contribution is -2.28. The summed E-state index contributed by atoms with van der Waals surface area (Å²) < 4.78 is 11.1. The summed E-state index contributed by atoms with van der Waals surface area (Å²) in [6.07, 6.45) is 0.157. The van der Waals surface area contributed by atoms with Gasteiger partial charge in [-0.2, -0.15) is 0 Å². The molecule has 0 aliphatic carbocycles. The van der Waals surface area contributed by atoms with Crippen molar-refractivity contribution in [3.8, 4) is 11.5 Å². The van der Waals surface area contributed by atoms with Crippen LogP contribution in [-0.2, 0) is 9.59 Å². The van der Waals surface area contributed by atoms with Crippen LogP contribution in [0.3, 0.4) is 0 Å². The molecule has 6 nitrogen and oxygen atoms in total. The Balaban J connectivity index is 1.48. The van der Waals surface area contributed by atoms with Crippen molar-refractivity contribution in [1.29, 1.82) is 0 Å². The number of fused-ring (bicyclic) bond motifs is 1. The van der Waals surface area contributed by atoms with Gasteiger partial charge in [-0.15, -0.1) is 0 Å². The number of carbonyl (C=O) groups is 2. The summed E-state index contributed by atoms with van der Waals surface area (Å²) in [5.74, 6) is 0.532. The van der Waals surface area contributed by atoms with Gasteiger partial charge in [0.1, 0.15) is 13.2 Å². The van der Waals surface area contributed by atoms with Crippen LogP contribution in [-0.4, -0.2) is 31.6 Å². The van der Waals surface area contributed by atoms with Crippen LogP contribution in [0.2, 0.25) is 5.02 Å². The summed E-state index contributed by atoms with van der Waals surface area (Å²) in [4.78, 5) is 26.7. The van der Waals surface area contributed by atoms with E-state index in [-0.39, 0.29) is 18.2 Å². The number of hydrogen-bond donors (Lipinski definition) is 1. The maximum Gasteiger partial charge on any atom is 0.229 e. The van der Waals surface area contributed by atoms with Crippen LogP contribution in [0.1, 0.15) is 12.0 Å². The standard InChI is InChI=1S/C20H19ClN2O4/c1-12-2-4-16(15(21)8-12)22-20(25)13-9-19(24)23(11-13)14-3-5-17-18(10-14)27-7-6-26-17/h2-5,8,10,13H,6-7,9,11H2,1H3,(H,22,25)/t13-/m1/s1. The Morgan fingerprint density at radius 2 is 1.93 bits per heavy atom. The van der Waals surface area contributed by atoms with Gasteiger partial charge in [0.15, 0.2) is 11.5 Å². The number of anilines is 2. The van der Waals surface area contributed by atoms with Crippen LogP contribution in [0.25, 0.3) is 0 Å². The third-order valence-electron chi connectivity index (χ3n) is 4.72. The Hall–Kier alpha value is -2.73. The molecule has 1 N–H and O–H groups in total. The minimum absolute atomic E-state index is 0.0955. The molecule has 0 unspecified atom stereocenters. The summed E-state index contributed by atoms with van der Waals surface area (Å²) in [6, 6.07) is 10.8. The second kappa shape index (κ2) is 7.12. The molecule has 0 aromatic heterocycles. The highest BCUT2D eigenvalue weighted by Crippen LogP contribution is 2.36. The molecule has 2 aromatic rings. The number of hydrogen-bond acceptors (Lipinski definition) is 4. The molecular weight excluding hydrogens is 368 g/mol. The zero-order valence-corrected chi connectivity index (χ0v) is 15.6. The summed E-state index contributed by atoms with van der Waals surface area (Å²) in [6.45, 7) is 3.23. The van der Waals surface area contributed by atoms with Crippen molar-refractivity contribution in [1.82, 2.24) is 0 Å². The SMILES string of the molecule is Cc1ccc(NC(=O)[C@@H]2CC(=O)N(c3ccc4c(c3)OCCO4)C2)c(Cl)c1. The van der Waals surface area contributed by atoms with E-state index in [1.54, 1.807) is 29.2 Å². The highest BCUT2D eigenvalue weighted by atomic mass is 35.5. The molecule has 0 radical (unpaired) electrons. The molecule has 2 amide bonds. The zero-order valence-electron chi connectivity index (χ0n) is 14.8. The van der Waals surface area contributed by atoms with Gasteiger partial charge in [-0.1, -0.05) is 17.7 Å². The van der Waals surface area contributed by atoms with E-state index in [0.717, 1.165) is 5.56 Å². The fourth-order valence-corrected chi connectivity index (χ4v) is 3.57. The molecule has 2 heterocycles. The van der Waals surface area contributed by atoms with Gasteiger partial charge in [-0.3, -0.25) is 9.59 Å². The minimum Gasteiger partial charge on any atom is -0.486 e. The Morgan fingerprint density at radius 3 is 2.70 bits per heavy atom. The molecule has 1 fully saturated rings. The van der Waals surface area contributed by atoms with Crippen LogP contribution in [0.15, 0.2) is 36.4 Å². The molecule has 2 aliphatic rings. The normalized spacial score (nSPS) is 18.5. The topological polar surface area (TPSA) is 67.9 Å². The number of nitrogens with one attached hydrogen (secondary N) is 1. The monoisotopic (exact) mass is 386 g/mol. The van der Waals surface area contributed by atoms with Crippen molar-refractivity contribution in [3.05, 3.63) is 47.0 Å². The van der Waals surface area contributed by atoms with E-state index in [1.165, 1.54) is 0 Å². The van der Waals surface area contributed by atoms with E-state index in [4.69, 9.17) is 21.1 Å². The number of nitrogens with zero attached hydrogens (tertiary/aromatic N) is 1. The largest absolute Gasteiger partial charge is 0.486 e. The first kappa shape index (κ1) is 17.7. The van der Waals surface area contributed by atoms with Crippen molar-refractivity contribution in [2.45, 2.75) is 13.3 Å². The molecule has 0 saturated carbocycles. The third-order valence-corrected chi connectivity index (χ3v) is 5.03. The molecule has 1 saturated heterocycles. The average molecular weight is 387 g/mol. The second-order valence-corrected chi connectivity index (χ2v) is 7.11. The fraction of sp³-hybridized carbons (Fsp3) is 0.300. The van der Waals surface area contributed by atoms with E-state index in [0.29, 0.717) is 47.7 Å². The Bertz CT molecular complexity index is 915. The Labute approximate surface area is 162 Å². The number of halogens is 1. The lowest BCUT2D eigenvalue weighted by Gasteiger charge is -2.22. The molecule has 1 atom stereocenters. The van der Waals surface area contributed by atoms with Gasteiger partial charge in [-0.05, 0) is 36.8 Å². The van der Waals surface area contributed by atoms with E-state index in [2.05, 4.69) is 5.32 Å². The molecule has 0 bridgehead atoms. The lowest BCUT2D eigenvalue weighted by molar-refractivity contribution is -0.122. The highest BCUT2D eigenvalue weighted by molar-refractivity contribution is 6.33. The molecular formula is C20H19ClN2O4. The predicted molar refractivity (Wildman–Crippen MR) is 103 cm³/mol. The van der Waals surface area contributed by atoms with E-state index < -0.39 is 5.92 Å². The lowest BCUT2D eigenvalue weighted by atomic mass is 10.1. The van der Waals surface area contributed by atoms with Gasteiger partial charge < -0.3 is 19.7 Å². The van der Waals surface area contributed by atoms with Crippen molar-refractivity contribution in [3.63, 3.8) is 0 Å². The first-order chi connectivity index (χ1) is 13.0. The van der Waals surface area contributed by atoms with Gasteiger partial charge in [0, 0.05) is 24.7 Å². The third kappa shape index (κ3) is 3.57. The maximum atomic E-state index is 12.6. The summed E-state index contributed by atoms with van der Waals surface area (Å²) in [7, 11) is 0. The van der Waals surface area contributed by atoms with E-state index >= 15 is 0 Å². The number of carbonyl (C=O) groups excluding carboxylic acids is 2. The summed E-state index contributed by atoms with van der Waals surface area (Å²) >= 11 is 6.18. The molecule has 7 heteroatoms. The molecule has 2 aliphatic heterocycles. The molecule has 4 rings (SSSR count). The number of amides is 2. The first-order valence-electron chi connectivity index (χ1n) is 8.78. The summed E-state index contributed by atoms with van der Waals surface area (Å²) in [5.41, 5.74) is 2.27. The zero-order chi connectivity index (χ0) is 19.0. The van der Waals surface area contributed by atoms with Gasteiger partial charge in [-0.25, -0.2) is 0 Å². The number of rotatable bonds is 3. The molecule has 27 heavy (non-hydrogen) atoms. The van der Waals surface area contributed by atoms with Gasteiger partial charge in [0.05, 0.1) is 16.6 Å². The second-order valence-electron chi connectivity index (χ2n) is 6.71. The fourth-order valence-electron chi connectivity index (χ4n) is 3.29. The van der Waals surface area contributed by atoms with Crippen molar-refractivity contribution in [2.24, 2.45) is 5.92 Å². The smallest absolute Gasteiger partial charge is 0.229 e. The molecule has 140 valence electrons. The molecule has 2 aromatic carbocycles. The average Bonchev–Trinajstić information content (AvgIpc) is 3.05. The number of ether oxygens (including phenoxy) is 2. The van der Waals surface area contributed by atoms with Crippen LogP contribution in [0.4, 0.5) is 11.4 Å². The Kier molecular flexibility index (Phi) is 4.66. The van der Waals surface area contributed by atoms with Crippen LogP contribution in [0, 0.1) is 12.8 Å². The minimum atomic E-state index is -0.442. The van der Waals surface area contributed by atoms with E-state index in [1.807, 2.05) is 19.1 Å². The van der Waals surface area contributed by atoms with Gasteiger partial charge >= 0.3 is 0 Å². The van der Waals surface area contributed by atoms with E-state index in [9.17, 15) is 9.59 Å². The Morgan fingerprint density at radius 1 is 1.15 bits per heavy atom.